The van der Waals surface area contributed by atoms with Gasteiger partial charge in [0.15, 0.2) is 0 Å². The van der Waals surface area contributed by atoms with E-state index < -0.39 is 0 Å². The average Bonchev–Trinajstić information content (AvgIpc) is 1.88. The maximum atomic E-state index is 8.77. The molecule has 11 heavy (non-hydrogen) atoms. The number of nitriles is 2. The van der Waals surface area contributed by atoms with Gasteiger partial charge < -0.3 is 5.11 Å². The molecule has 0 atom stereocenters. The molecule has 0 unspecified atom stereocenters. The summed E-state index contributed by atoms with van der Waals surface area (Å²) in [7, 11) is 0. The van der Waals surface area contributed by atoms with Crippen molar-refractivity contribution in [3.05, 3.63) is 23.0 Å². The van der Waals surface area contributed by atoms with Crippen LogP contribution in [0.15, 0.2) is 23.0 Å². The van der Waals surface area contributed by atoms with E-state index >= 15 is 0 Å². The fourth-order valence-electron chi connectivity index (χ4n) is 0.587. The molecule has 0 saturated heterocycles. The highest BCUT2D eigenvalue weighted by molar-refractivity contribution is 5.43. The lowest BCUT2D eigenvalue weighted by atomic mass is 10.1. The van der Waals surface area contributed by atoms with E-state index in [1.807, 2.05) is 0 Å². The Morgan fingerprint density at radius 2 is 1.73 bits per heavy atom. The molecule has 0 aliphatic rings. The van der Waals surface area contributed by atoms with Crippen molar-refractivity contribution in [2.24, 2.45) is 0 Å². The molecular formula is C8H8N2O. The lowest BCUT2D eigenvalue weighted by molar-refractivity contribution is 0.414. The largest absolute Gasteiger partial charge is 0.513 e. The Labute approximate surface area is 65.5 Å². The summed E-state index contributed by atoms with van der Waals surface area (Å²) >= 11 is 0. The molecule has 0 aromatic heterocycles. The number of aliphatic hydroxyl groups excluding tert-OH is 1. The number of rotatable bonds is 1. The molecule has 3 nitrogen and oxygen atoms in total. The first kappa shape index (κ1) is 9.26. The highest BCUT2D eigenvalue weighted by atomic mass is 16.3. The summed E-state index contributed by atoms with van der Waals surface area (Å²) in [5, 5.41) is 25.5. The number of nitrogens with zero attached hydrogens (tertiary/aromatic N) is 2. The number of hydrogen-bond donors (Lipinski definition) is 1. The molecule has 0 amide bonds. The van der Waals surface area contributed by atoms with Crippen LogP contribution in [-0.4, -0.2) is 5.11 Å². The van der Waals surface area contributed by atoms with Crippen LogP contribution in [0.4, 0.5) is 0 Å². The summed E-state index contributed by atoms with van der Waals surface area (Å²) in [6.07, 6.45) is 1.38. The lowest BCUT2D eigenvalue weighted by Gasteiger charge is -1.90. The zero-order valence-electron chi connectivity index (χ0n) is 6.42. The topological polar surface area (TPSA) is 67.8 Å². The quantitative estimate of drug-likeness (QED) is 0.350. The second kappa shape index (κ2) is 4.14. The van der Waals surface area contributed by atoms with Gasteiger partial charge in [0.25, 0.3) is 0 Å². The van der Waals surface area contributed by atoms with Crippen LogP contribution in [0, 0.1) is 22.7 Å². The van der Waals surface area contributed by atoms with E-state index in [1.165, 1.54) is 13.0 Å². The Kier molecular flexibility index (Phi) is 3.48. The lowest BCUT2D eigenvalue weighted by Crippen LogP contribution is -1.80. The zero-order chi connectivity index (χ0) is 8.85. The highest BCUT2D eigenvalue weighted by Crippen LogP contribution is 2.04. The van der Waals surface area contributed by atoms with Gasteiger partial charge in [-0.15, -0.1) is 0 Å². The average molecular weight is 148 g/mol. The van der Waals surface area contributed by atoms with Gasteiger partial charge >= 0.3 is 0 Å². The molecule has 0 heterocycles. The molecule has 0 rings (SSSR count). The van der Waals surface area contributed by atoms with E-state index in [-0.39, 0.29) is 11.3 Å². The summed E-state index contributed by atoms with van der Waals surface area (Å²) in [5.74, 6) is 0.0884. The van der Waals surface area contributed by atoms with E-state index in [0.717, 1.165) is 0 Å². The molecule has 0 fully saturated rings. The molecule has 0 aromatic rings. The van der Waals surface area contributed by atoms with Gasteiger partial charge in [0, 0.05) is 0 Å². The van der Waals surface area contributed by atoms with Crippen molar-refractivity contribution in [1.82, 2.24) is 0 Å². The summed E-state index contributed by atoms with van der Waals surface area (Å²) in [6.45, 7) is 3.08. The molecule has 56 valence electrons. The fourth-order valence-corrected chi connectivity index (χ4v) is 0.587. The molecule has 0 spiro atoms. The van der Waals surface area contributed by atoms with Gasteiger partial charge in [-0.3, -0.25) is 0 Å². The first-order valence-electron chi connectivity index (χ1n) is 3.00. The van der Waals surface area contributed by atoms with Crippen LogP contribution in [0.25, 0.3) is 0 Å². The predicted octanol–water partition coefficient (Wildman–Crippen LogP) is 1.81. The first-order valence-corrected chi connectivity index (χ1v) is 3.00. The normalized spacial score (nSPS) is 9.64. The molecular weight excluding hydrogens is 140 g/mol. The predicted molar refractivity (Wildman–Crippen MR) is 40.3 cm³/mol. The Hall–Kier alpha value is -1.74. The standard InChI is InChI=1S/C8H8N2O/c1-6(3-7(2)11)8(4-9)5-10/h3,11H,1-2H3. The summed E-state index contributed by atoms with van der Waals surface area (Å²) in [4.78, 5) is 0. The van der Waals surface area contributed by atoms with Crippen molar-refractivity contribution < 1.29 is 5.11 Å². The summed E-state index contributed by atoms with van der Waals surface area (Å²) in [5.41, 5.74) is 0.508. The van der Waals surface area contributed by atoms with Crippen molar-refractivity contribution in [1.29, 1.82) is 10.5 Å². The van der Waals surface area contributed by atoms with E-state index in [1.54, 1.807) is 19.1 Å². The molecule has 0 bridgehead atoms. The van der Waals surface area contributed by atoms with Crippen LogP contribution in [0.1, 0.15) is 13.8 Å². The van der Waals surface area contributed by atoms with Crippen LogP contribution in [0.3, 0.4) is 0 Å². The van der Waals surface area contributed by atoms with Crippen LogP contribution in [-0.2, 0) is 0 Å². The second-order valence-corrected chi connectivity index (χ2v) is 2.07. The Balaban J connectivity index is 4.86. The van der Waals surface area contributed by atoms with E-state index in [0.29, 0.717) is 5.57 Å². The van der Waals surface area contributed by atoms with Crippen LogP contribution >= 0.6 is 0 Å². The third kappa shape index (κ3) is 3.07. The van der Waals surface area contributed by atoms with Crippen molar-refractivity contribution in [3.8, 4) is 12.1 Å². The molecule has 0 aliphatic carbocycles. The maximum absolute atomic E-state index is 8.77. The monoisotopic (exact) mass is 148 g/mol. The van der Waals surface area contributed by atoms with Crippen LogP contribution in [0.2, 0.25) is 0 Å². The molecule has 0 radical (unpaired) electrons. The Morgan fingerprint density at radius 3 is 2.00 bits per heavy atom. The van der Waals surface area contributed by atoms with Gasteiger partial charge in [-0.05, 0) is 25.5 Å². The SMILES string of the molecule is CC(O)=CC(C)=C(C#N)C#N. The van der Waals surface area contributed by atoms with Crippen molar-refractivity contribution >= 4 is 0 Å². The van der Waals surface area contributed by atoms with Crippen molar-refractivity contribution in [3.63, 3.8) is 0 Å². The molecule has 1 N–H and O–H groups in total. The van der Waals surface area contributed by atoms with Crippen molar-refractivity contribution in [2.45, 2.75) is 13.8 Å². The maximum Gasteiger partial charge on any atom is 0.132 e. The minimum Gasteiger partial charge on any atom is -0.513 e. The van der Waals surface area contributed by atoms with Crippen LogP contribution in [0.5, 0.6) is 0 Å². The second-order valence-electron chi connectivity index (χ2n) is 2.07. The van der Waals surface area contributed by atoms with Gasteiger partial charge in [-0.1, -0.05) is 0 Å². The van der Waals surface area contributed by atoms with Gasteiger partial charge in [-0.25, -0.2) is 0 Å². The number of hydrogen-bond acceptors (Lipinski definition) is 3. The van der Waals surface area contributed by atoms with Gasteiger partial charge in [-0.2, -0.15) is 10.5 Å². The van der Waals surface area contributed by atoms with E-state index in [2.05, 4.69) is 0 Å². The summed E-state index contributed by atoms with van der Waals surface area (Å²) in [6, 6.07) is 3.44. The third-order valence-electron chi connectivity index (χ3n) is 1.04. The van der Waals surface area contributed by atoms with Crippen molar-refractivity contribution in [2.75, 3.05) is 0 Å². The van der Waals surface area contributed by atoms with Gasteiger partial charge in [0.1, 0.15) is 17.7 Å². The smallest absolute Gasteiger partial charge is 0.132 e. The number of allylic oxidation sites excluding steroid dienone is 4. The van der Waals surface area contributed by atoms with Gasteiger partial charge in [0.05, 0.1) is 5.76 Å². The fraction of sp³-hybridized carbons (Fsp3) is 0.250. The number of aliphatic hydroxyl groups is 1. The Morgan fingerprint density at radius 1 is 1.27 bits per heavy atom. The minimum absolute atomic E-state index is 0.0263. The molecule has 0 aromatic carbocycles. The third-order valence-corrected chi connectivity index (χ3v) is 1.04. The molecule has 3 heteroatoms. The molecule has 0 aliphatic heterocycles. The van der Waals surface area contributed by atoms with E-state index in [9.17, 15) is 0 Å². The highest BCUT2D eigenvalue weighted by Gasteiger charge is 1.96. The Bertz CT molecular complexity index is 266. The zero-order valence-corrected chi connectivity index (χ0v) is 6.42. The minimum atomic E-state index is 0.0263. The molecule has 0 saturated carbocycles. The van der Waals surface area contributed by atoms with Gasteiger partial charge in [0.2, 0.25) is 0 Å². The van der Waals surface area contributed by atoms with Crippen LogP contribution < -0.4 is 0 Å². The van der Waals surface area contributed by atoms with E-state index in [4.69, 9.17) is 15.6 Å². The first-order chi connectivity index (χ1) is 5.11. The summed E-state index contributed by atoms with van der Waals surface area (Å²) < 4.78 is 0.